The van der Waals surface area contributed by atoms with Gasteiger partial charge in [-0.1, -0.05) is 91.0 Å². The summed E-state index contributed by atoms with van der Waals surface area (Å²) in [5.74, 6) is 0. The number of aromatic nitrogens is 1. The lowest BCUT2D eigenvalue weighted by Gasteiger charge is -2.10. The van der Waals surface area contributed by atoms with E-state index < -0.39 is 5.63 Å². The van der Waals surface area contributed by atoms with E-state index in [0.717, 1.165) is 38.5 Å². The predicted octanol–water partition coefficient (Wildman–Crippen LogP) is 7.34. The minimum atomic E-state index is -0.394. The average molecular weight is 425 g/mol. The van der Waals surface area contributed by atoms with Crippen LogP contribution >= 0.6 is 0 Å². The van der Waals surface area contributed by atoms with E-state index in [-0.39, 0.29) is 0 Å². The molecule has 33 heavy (non-hydrogen) atoms. The molecule has 0 saturated heterocycles. The fraction of sp³-hybridized carbons (Fsp3) is 0. The third-order valence-electron chi connectivity index (χ3n) is 5.92. The maximum Gasteiger partial charge on any atom is 0.345 e. The maximum absolute atomic E-state index is 13.1. The molecule has 0 aliphatic carbocycles. The van der Waals surface area contributed by atoms with Crippen molar-refractivity contribution in [1.29, 1.82) is 0 Å². The van der Waals surface area contributed by atoms with Crippen LogP contribution in [-0.4, -0.2) is 4.98 Å². The zero-order valence-corrected chi connectivity index (χ0v) is 17.7. The van der Waals surface area contributed by atoms with Crippen LogP contribution in [0.25, 0.3) is 55.4 Å². The van der Waals surface area contributed by atoms with E-state index in [1.165, 1.54) is 0 Å². The van der Waals surface area contributed by atoms with Crippen molar-refractivity contribution in [3.05, 3.63) is 126 Å². The van der Waals surface area contributed by atoms with Crippen molar-refractivity contribution < 1.29 is 4.42 Å². The molecule has 2 aromatic heterocycles. The summed E-state index contributed by atoms with van der Waals surface area (Å²) in [5.41, 5.74) is 5.09. The Kier molecular flexibility index (Phi) is 4.59. The molecular weight excluding hydrogens is 406 g/mol. The van der Waals surface area contributed by atoms with Gasteiger partial charge in [-0.15, -0.1) is 0 Å². The second kappa shape index (κ2) is 7.88. The zero-order chi connectivity index (χ0) is 22.2. The Hall–Kier alpha value is -4.50. The molecule has 0 bridgehead atoms. The van der Waals surface area contributed by atoms with Gasteiger partial charge in [0.05, 0.1) is 17.0 Å². The van der Waals surface area contributed by atoms with Crippen molar-refractivity contribution in [2.75, 3.05) is 0 Å². The molecule has 156 valence electrons. The Balaban J connectivity index is 1.63. The number of pyridine rings is 1. The highest BCUT2D eigenvalue weighted by Crippen LogP contribution is 2.31. The van der Waals surface area contributed by atoms with Gasteiger partial charge >= 0.3 is 5.63 Å². The van der Waals surface area contributed by atoms with Crippen molar-refractivity contribution in [2.24, 2.45) is 0 Å². The monoisotopic (exact) mass is 425 g/mol. The van der Waals surface area contributed by atoms with Crippen molar-refractivity contribution in [2.45, 2.75) is 0 Å². The van der Waals surface area contributed by atoms with Gasteiger partial charge in [0.2, 0.25) is 0 Å². The SMILES string of the molecule is O=c1oc2ccc3ccccc3c2cc1-c1cc(-c2ccccc2)cc(-c2ccccc2)n1. The van der Waals surface area contributed by atoms with Crippen LogP contribution in [0, 0.1) is 0 Å². The molecular formula is C30H19NO2. The van der Waals surface area contributed by atoms with Gasteiger partial charge in [-0.25, -0.2) is 9.78 Å². The Labute approximate surface area is 190 Å². The molecule has 0 aliphatic heterocycles. The first kappa shape index (κ1) is 19.2. The smallest absolute Gasteiger partial charge is 0.345 e. The summed E-state index contributed by atoms with van der Waals surface area (Å²) >= 11 is 0. The number of hydrogen-bond acceptors (Lipinski definition) is 3. The Morgan fingerprint density at radius 1 is 0.545 bits per heavy atom. The maximum atomic E-state index is 13.1. The molecule has 2 heterocycles. The molecule has 4 aromatic carbocycles. The van der Waals surface area contributed by atoms with Gasteiger partial charge in [0.15, 0.2) is 0 Å². The fourth-order valence-electron chi connectivity index (χ4n) is 4.27. The first-order valence-electron chi connectivity index (χ1n) is 10.9. The van der Waals surface area contributed by atoms with E-state index in [4.69, 9.17) is 9.40 Å². The predicted molar refractivity (Wildman–Crippen MR) is 134 cm³/mol. The van der Waals surface area contributed by atoms with Gasteiger partial charge in [-0.3, -0.25) is 0 Å². The number of rotatable bonds is 3. The van der Waals surface area contributed by atoms with Gasteiger partial charge in [0.1, 0.15) is 5.58 Å². The summed E-state index contributed by atoms with van der Waals surface area (Å²) in [4.78, 5) is 17.9. The molecule has 0 unspecified atom stereocenters. The van der Waals surface area contributed by atoms with Crippen LogP contribution in [-0.2, 0) is 0 Å². The van der Waals surface area contributed by atoms with E-state index in [2.05, 4.69) is 24.3 Å². The molecule has 0 saturated carbocycles. The minimum absolute atomic E-state index is 0.394. The third-order valence-corrected chi connectivity index (χ3v) is 5.92. The summed E-state index contributed by atoms with van der Waals surface area (Å²) in [5, 5.41) is 3.04. The van der Waals surface area contributed by atoms with Crippen LogP contribution in [0.4, 0.5) is 0 Å². The summed E-state index contributed by atoms with van der Waals surface area (Å²) in [6.07, 6.45) is 0. The normalized spacial score (nSPS) is 11.2. The standard InChI is InChI=1S/C30H19NO2/c32-30-26(19-25-24-14-8-7-11-21(24)15-16-29(25)33-30)28-18-23(20-9-3-1-4-10-20)17-27(31-28)22-12-5-2-6-13-22/h1-19H. The van der Waals surface area contributed by atoms with Gasteiger partial charge in [-0.05, 0) is 46.2 Å². The quantitative estimate of drug-likeness (QED) is 0.220. The molecule has 0 atom stereocenters. The molecule has 3 nitrogen and oxygen atoms in total. The zero-order valence-electron chi connectivity index (χ0n) is 17.7. The van der Waals surface area contributed by atoms with E-state index in [0.29, 0.717) is 16.8 Å². The largest absolute Gasteiger partial charge is 0.422 e. The van der Waals surface area contributed by atoms with Crippen LogP contribution < -0.4 is 5.63 Å². The van der Waals surface area contributed by atoms with Crippen LogP contribution in [0.5, 0.6) is 0 Å². The Morgan fingerprint density at radius 2 is 1.21 bits per heavy atom. The van der Waals surface area contributed by atoms with Crippen molar-refractivity contribution in [1.82, 2.24) is 4.98 Å². The van der Waals surface area contributed by atoms with Gasteiger partial charge in [0, 0.05) is 10.9 Å². The van der Waals surface area contributed by atoms with Crippen molar-refractivity contribution in [3.8, 4) is 33.6 Å². The highest BCUT2D eigenvalue weighted by Gasteiger charge is 2.14. The Morgan fingerprint density at radius 3 is 2.00 bits per heavy atom. The number of hydrogen-bond donors (Lipinski definition) is 0. The Bertz CT molecular complexity index is 1610. The van der Waals surface area contributed by atoms with Crippen LogP contribution in [0.2, 0.25) is 0 Å². The molecule has 0 fully saturated rings. The number of fused-ring (bicyclic) bond motifs is 3. The van der Waals surface area contributed by atoms with Crippen molar-refractivity contribution >= 4 is 21.7 Å². The van der Waals surface area contributed by atoms with Crippen LogP contribution in [0.1, 0.15) is 0 Å². The van der Waals surface area contributed by atoms with E-state index in [1.54, 1.807) is 0 Å². The van der Waals surface area contributed by atoms with Gasteiger partial charge in [0.25, 0.3) is 0 Å². The first-order chi connectivity index (χ1) is 16.3. The summed E-state index contributed by atoms with van der Waals surface area (Å²) in [7, 11) is 0. The molecule has 0 spiro atoms. The lowest BCUT2D eigenvalue weighted by Crippen LogP contribution is -2.05. The molecule has 6 rings (SSSR count). The van der Waals surface area contributed by atoms with E-state index in [9.17, 15) is 4.79 Å². The van der Waals surface area contributed by atoms with Gasteiger partial charge < -0.3 is 4.42 Å². The second-order valence-corrected chi connectivity index (χ2v) is 8.00. The van der Waals surface area contributed by atoms with E-state index >= 15 is 0 Å². The molecule has 0 radical (unpaired) electrons. The summed E-state index contributed by atoms with van der Waals surface area (Å²) in [6, 6.07) is 38.0. The van der Waals surface area contributed by atoms with Crippen LogP contribution in [0.3, 0.4) is 0 Å². The highest BCUT2D eigenvalue weighted by atomic mass is 16.4. The molecule has 3 heteroatoms. The van der Waals surface area contributed by atoms with E-state index in [1.807, 2.05) is 91.0 Å². The van der Waals surface area contributed by atoms with Gasteiger partial charge in [-0.2, -0.15) is 0 Å². The summed E-state index contributed by atoms with van der Waals surface area (Å²) in [6.45, 7) is 0. The lowest BCUT2D eigenvalue weighted by atomic mass is 9.99. The number of benzene rings is 4. The topological polar surface area (TPSA) is 43.1 Å². The fourth-order valence-corrected chi connectivity index (χ4v) is 4.27. The third kappa shape index (κ3) is 3.50. The average Bonchev–Trinajstić information content (AvgIpc) is 2.89. The molecule has 0 N–H and O–H groups in total. The highest BCUT2D eigenvalue weighted by molar-refractivity contribution is 6.06. The minimum Gasteiger partial charge on any atom is -0.422 e. The number of nitrogens with zero attached hydrogens (tertiary/aromatic N) is 1. The van der Waals surface area contributed by atoms with Crippen molar-refractivity contribution in [3.63, 3.8) is 0 Å². The van der Waals surface area contributed by atoms with Crippen LogP contribution in [0.15, 0.2) is 124 Å². The molecule has 0 amide bonds. The second-order valence-electron chi connectivity index (χ2n) is 8.00. The first-order valence-corrected chi connectivity index (χ1v) is 10.9. The molecule has 0 aliphatic rings. The lowest BCUT2D eigenvalue weighted by molar-refractivity contribution is 0.563. The molecule has 6 aromatic rings. The summed E-state index contributed by atoms with van der Waals surface area (Å²) < 4.78 is 5.75.